The SMILES string of the molecule is C#CC.C=Cc1c(-c2ccccc2)cc(C(F)(F)F)c(-c2ccc(-c3ccccc3)c(=C/C)/c2=C\C)c1C=C. The summed E-state index contributed by atoms with van der Waals surface area (Å²) >= 11 is 0. The Morgan fingerprint density at radius 3 is 1.56 bits per heavy atom. The van der Waals surface area contributed by atoms with E-state index < -0.39 is 11.7 Å². The van der Waals surface area contributed by atoms with E-state index in [0.29, 0.717) is 27.8 Å². The average Bonchev–Trinajstić information content (AvgIpc) is 2.95. The third-order valence-corrected chi connectivity index (χ3v) is 6.42. The number of halogens is 3. The van der Waals surface area contributed by atoms with Gasteiger partial charge in [-0.25, -0.2) is 0 Å². The molecule has 3 heteroatoms. The van der Waals surface area contributed by atoms with Crippen molar-refractivity contribution in [1.82, 2.24) is 0 Å². The van der Waals surface area contributed by atoms with Gasteiger partial charge in [-0.3, -0.25) is 0 Å². The van der Waals surface area contributed by atoms with Crippen molar-refractivity contribution < 1.29 is 13.2 Å². The second-order valence-corrected chi connectivity index (χ2v) is 8.67. The van der Waals surface area contributed by atoms with E-state index in [4.69, 9.17) is 0 Å². The summed E-state index contributed by atoms with van der Waals surface area (Å²) in [5, 5.41) is 1.63. The molecule has 0 bridgehead atoms. The van der Waals surface area contributed by atoms with Gasteiger partial charge in [0.1, 0.15) is 0 Å². The van der Waals surface area contributed by atoms with Gasteiger partial charge >= 0.3 is 6.18 Å². The summed E-state index contributed by atoms with van der Waals surface area (Å²) in [6, 6.07) is 23.9. The molecule has 0 nitrogen and oxygen atoms in total. The molecule has 0 amide bonds. The van der Waals surface area contributed by atoms with Crippen molar-refractivity contribution in [2.24, 2.45) is 0 Å². The van der Waals surface area contributed by atoms with Crippen LogP contribution in [0.3, 0.4) is 0 Å². The fourth-order valence-corrected chi connectivity index (χ4v) is 4.87. The van der Waals surface area contributed by atoms with E-state index in [-0.39, 0.29) is 5.56 Å². The largest absolute Gasteiger partial charge is 0.417 e. The van der Waals surface area contributed by atoms with Crippen LogP contribution < -0.4 is 10.4 Å². The predicted octanol–water partition coefficient (Wildman–Crippen LogP) is 9.23. The Hall–Kier alpha value is -4.55. The van der Waals surface area contributed by atoms with E-state index in [9.17, 15) is 13.2 Å². The van der Waals surface area contributed by atoms with Crippen LogP contribution in [0, 0.1) is 12.3 Å². The van der Waals surface area contributed by atoms with Gasteiger partial charge in [0.2, 0.25) is 0 Å². The van der Waals surface area contributed by atoms with Crippen LogP contribution in [0.1, 0.15) is 37.5 Å². The van der Waals surface area contributed by atoms with Crippen molar-refractivity contribution in [2.45, 2.75) is 26.9 Å². The van der Waals surface area contributed by atoms with Crippen LogP contribution in [0.15, 0.2) is 92.0 Å². The third kappa shape index (κ3) is 5.97. The minimum absolute atomic E-state index is 0.114. The molecule has 4 aromatic carbocycles. The first-order valence-corrected chi connectivity index (χ1v) is 12.5. The highest BCUT2D eigenvalue weighted by atomic mass is 19.4. The van der Waals surface area contributed by atoms with Crippen molar-refractivity contribution in [3.63, 3.8) is 0 Å². The number of benzene rings is 4. The number of hydrogen-bond acceptors (Lipinski definition) is 0. The van der Waals surface area contributed by atoms with Crippen LogP contribution in [0.4, 0.5) is 13.2 Å². The normalized spacial score (nSPS) is 11.8. The van der Waals surface area contributed by atoms with E-state index in [1.54, 1.807) is 31.2 Å². The summed E-state index contributed by atoms with van der Waals surface area (Å²) in [6.07, 6.45) is 6.98. The van der Waals surface area contributed by atoms with Gasteiger partial charge < -0.3 is 0 Å². The predicted molar refractivity (Wildman–Crippen MR) is 162 cm³/mol. The Morgan fingerprint density at radius 1 is 0.692 bits per heavy atom. The summed E-state index contributed by atoms with van der Waals surface area (Å²) in [7, 11) is 0. The molecule has 0 fully saturated rings. The van der Waals surface area contributed by atoms with E-state index in [0.717, 1.165) is 21.6 Å². The van der Waals surface area contributed by atoms with Gasteiger partial charge in [0, 0.05) is 5.56 Å². The van der Waals surface area contributed by atoms with E-state index in [1.165, 1.54) is 12.1 Å². The summed E-state index contributed by atoms with van der Waals surface area (Å²) < 4.78 is 44.0. The first kappa shape index (κ1) is 29.0. The van der Waals surface area contributed by atoms with Crippen LogP contribution in [0.5, 0.6) is 0 Å². The molecule has 0 heterocycles. The highest BCUT2D eigenvalue weighted by molar-refractivity contribution is 5.91. The van der Waals surface area contributed by atoms with Gasteiger partial charge in [-0.15, -0.1) is 12.3 Å². The van der Waals surface area contributed by atoms with Gasteiger partial charge in [-0.05, 0) is 76.2 Å². The van der Waals surface area contributed by atoms with Gasteiger partial charge in [0.25, 0.3) is 0 Å². The Labute approximate surface area is 229 Å². The van der Waals surface area contributed by atoms with Crippen LogP contribution in [0.25, 0.3) is 57.7 Å². The summed E-state index contributed by atoms with van der Waals surface area (Å²) in [4.78, 5) is 0. The molecule has 4 aromatic rings. The van der Waals surface area contributed by atoms with Crippen molar-refractivity contribution in [3.05, 3.63) is 119 Å². The lowest BCUT2D eigenvalue weighted by atomic mass is 9.83. The lowest BCUT2D eigenvalue weighted by molar-refractivity contribution is -0.137. The average molecular weight is 521 g/mol. The van der Waals surface area contributed by atoms with Gasteiger partial charge in [-0.1, -0.05) is 110 Å². The zero-order chi connectivity index (χ0) is 28.6. The highest BCUT2D eigenvalue weighted by Gasteiger charge is 2.36. The number of terminal acetylenes is 1. The molecule has 0 spiro atoms. The maximum absolute atomic E-state index is 14.7. The fourth-order valence-electron chi connectivity index (χ4n) is 4.87. The molecular formula is C36H31F3. The van der Waals surface area contributed by atoms with Crippen molar-refractivity contribution in [3.8, 4) is 45.7 Å². The number of rotatable bonds is 5. The second-order valence-electron chi connectivity index (χ2n) is 8.67. The first-order chi connectivity index (χ1) is 18.8. The van der Waals surface area contributed by atoms with Crippen LogP contribution in [-0.4, -0.2) is 0 Å². The Morgan fingerprint density at radius 2 is 1.13 bits per heavy atom. The molecule has 0 unspecified atom stereocenters. The molecule has 196 valence electrons. The van der Waals surface area contributed by atoms with Crippen molar-refractivity contribution in [2.75, 3.05) is 0 Å². The molecule has 0 radical (unpaired) electrons. The Balaban J connectivity index is 0.00000134. The Kier molecular flexibility index (Phi) is 9.52. The lowest BCUT2D eigenvalue weighted by Crippen LogP contribution is -2.29. The number of alkyl halides is 3. The van der Waals surface area contributed by atoms with Crippen molar-refractivity contribution >= 4 is 24.3 Å². The maximum Gasteiger partial charge on any atom is 0.417 e. The van der Waals surface area contributed by atoms with Crippen LogP contribution in [-0.2, 0) is 6.18 Å². The first-order valence-electron chi connectivity index (χ1n) is 12.5. The van der Waals surface area contributed by atoms with E-state index in [2.05, 4.69) is 25.5 Å². The summed E-state index contributed by atoms with van der Waals surface area (Å²) in [6.45, 7) is 13.3. The monoisotopic (exact) mass is 520 g/mol. The third-order valence-electron chi connectivity index (χ3n) is 6.42. The zero-order valence-corrected chi connectivity index (χ0v) is 22.4. The van der Waals surface area contributed by atoms with Crippen molar-refractivity contribution in [1.29, 1.82) is 0 Å². The van der Waals surface area contributed by atoms with Crippen LogP contribution in [0.2, 0.25) is 0 Å². The van der Waals surface area contributed by atoms with Gasteiger partial charge in [0.15, 0.2) is 0 Å². The molecular weight excluding hydrogens is 489 g/mol. The van der Waals surface area contributed by atoms with E-state index in [1.807, 2.05) is 80.6 Å². The minimum atomic E-state index is -4.57. The van der Waals surface area contributed by atoms with Crippen LogP contribution >= 0.6 is 0 Å². The quantitative estimate of drug-likeness (QED) is 0.230. The maximum atomic E-state index is 14.7. The second kappa shape index (κ2) is 12.8. The molecule has 0 atom stereocenters. The molecule has 39 heavy (non-hydrogen) atoms. The minimum Gasteiger partial charge on any atom is -0.166 e. The fraction of sp³-hybridized carbons (Fsp3) is 0.111. The Bertz CT molecular complexity index is 1630. The topological polar surface area (TPSA) is 0 Å². The summed E-state index contributed by atoms with van der Waals surface area (Å²) in [5.41, 5.74) is 4.10. The molecule has 0 aromatic heterocycles. The number of hydrogen-bond donors (Lipinski definition) is 0. The standard InChI is InChI=1S/C33H27F3.C3H4/c1-5-24-25(6-2)29(20-19-28(24)22-15-11-9-12-16-22)32-27(8-4)26(7-3)30(21-31(32)33(34,35)36)23-17-13-10-14-18-23;1-3-2/h5-21H,3-4H2,1-2H3;1H,2H3/b24-5+,25-6+;. The summed E-state index contributed by atoms with van der Waals surface area (Å²) in [5.74, 6) is 2.25. The molecule has 0 aliphatic rings. The molecule has 0 N–H and O–H groups in total. The molecule has 0 saturated heterocycles. The lowest BCUT2D eigenvalue weighted by Gasteiger charge is -2.22. The highest BCUT2D eigenvalue weighted by Crippen LogP contribution is 2.44. The smallest absolute Gasteiger partial charge is 0.166 e. The molecule has 0 aliphatic carbocycles. The van der Waals surface area contributed by atoms with Gasteiger partial charge in [0.05, 0.1) is 5.56 Å². The van der Waals surface area contributed by atoms with Gasteiger partial charge in [-0.2, -0.15) is 13.2 Å². The molecule has 0 saturated carbocycles. The van der Waals surface area contributed by atoms with E-state index >= 15 is 0 Å². The molecule has 0 aliphatic heterocycles. The molecule has 4 rings (SSSR count). The zero-order valence-electron chi connectivity index (χ0n) is 22.4.